The zero-order valence-corrected chi connectivity index (χ0v) is 46.3. The lowest BCUT2D eigenvalue weighted by molar-refractivity contribution is -0.143. The molecule has 0 heterocycles. The standard InChI is InChI=1S/C63H119NO5/c1-3-5-7-9-11-13-15-32-37-41-45-49-53-57-63(68)69-58-54-50-46-42-38-34-31-29-27-25-23-21-19-17-18-20-22-24-26-28-30-33-36-40-44-48-52-56-62(67)64-60(59-65)61(66)55-51-47-43-39-35-16-14-12-10-8-6-4-2/h17-18,21,23,51,55,60-61,65-66H,3-16,19-20,22,24-50,52-54,56-59H2,1-2H3,(H,64,67)/b18-17-,23-21-,55-51+. The highest BCUT2D eigenvalue weighted by molar-refractivity contribution is 5.76. The fourth-order valence-corrected chi connectivity index (χ4v) is 9.43. The number of ether oxygens (including phenoxy) is 1. The van der Waals surface area contributed by atoms with Crippen LogP contribution in [0, 0.1) is 0 Å². The van der Waals surface area contributed by atoms with Crippen molar-refractivity contribution in [3.05, 3.63) is 36.5 Å². The van der Waals surface area contributed by atoms with E-state index in [1.54, 1.807) is 6.08 Å². The van der Waals surface area contributed by atoms with Crippen molar-refractivity contribution < 1.29 is 24.5 Å². The van der Waals surface area contributed by atoms with Crippen LogP contribution in [0.1, 0.15) is 328 Å². The normalized spacial score (nSPS) is 12.8. The highest BCUT2D eigenvalue weighted by Gasteiger charge is 2.18. The van der Waals surface area contributed by atoms with Gasteiger partial charge in [-0.3, -0.25) is 9.59 Å². The van der Waals surface area contributed by atoms with Crippen LogP contribution >= 0.6 is 0 Å². The Morgan fingerprint density at radius 2 is 0.725 bits per heavy atom. The molecule has 0 bridgehead atoms. The average Bonchev–Trinajstić information content (AvgIpc) is 3.35. The van der Waals surface area contributed by atoms with Crippen LogP contribution in [-0.2, 0) is 14.3 Å². The molecule has 69 heavy (non-hydrogen) atoms. The van der Waals surface area contributed by atoms with Gasteiger partial charge in [0.1, 0.15) is 0 Å². The minimum atomic E-state index is -0.845. The lowest BCUT2D eigenvalue weighted by Gasteiger charge is -2.20. The molecule has 0 aliphatic carbocycles. The van der Waals surface area contributed by atoms with Gasteiger partial charge in [0.15, 0.2) is 0 Å². The predicted molar refractivity (Wildman–Crippen MR) is 301 cm³/mol. The number of carbonyl (C=O) groups is 2. The molecule has 0 spiro atoms. The largest absolute Gasteiger partial charge is 0.466 e. The van der Waals surface area contributed by atoms with Gasteiger partial charge in [-0.05, 0) is 64.2 Å². The molecule has 0 saturated carbocycles. The van der Waals surface area contributed by atoms with Crippen LogP contribution in [0.2, 0.25) is 0 Å². The molecule has 0 radical (unpaired) electrons. The van der Waals surface area contributed by atoms with E-state index < -0.39 is 12.1 Å². The van der Waals surface area contributed by atoms with E-state index in [0.29, 0.717) is 19.4 Å². The molecule has 2 atom stereocenters. The number of hydrogen-bond acceptors (Lipinski definition) is 5. The molecule has 0 aromatic carbocycles. The van der Waals surface area contributed by atoms with E-state index in [-0.39, 0.29) is 18.5 Å². The van der Waals surface area contributed by atoms with Crippen molar-refractivity contribution >= 4 is 11.9 Å². The van der Waals surface area contributed by atoms with E-state index in [1.807, 2.05) is 6.08 Å². The lowest BCUT2D eigenvalue weighted by Crippen LogP contribution is -2.45. The summed E-state index contributed by atoms with van der Waals surface area (Å²) >= 11 is 0. The Hall–Kier alpha value is -1.92. The summed E-state index contributed by atoms with van der Waals surface area (Å²) in [5.74, 6) is -0.0598. The molecule has 0 saturated heterocycles. The fraction of sp³-hybridized carbons (Fsp3) is 0.873. The molecular weight excluding hydrogens is 851 g/mol. The molecule has 406 valence electrons. The van der Waals surface area contributed by atoms with E-state index in [2.05, 4.69) is 43.5 Å². The van der Waals surface area contributed by atoms with Crippen LogP contribution < -0.4 is 5.32 Å². The second kappa shape index (κ2) is 58.6. The number of unbranched alkanes of at least 4 members (excludes halogenated alkanes) is 42. The van der Waals surface area contributed by atoms with Crippen molar-refractivity contribution in [2.24, 2.45) is 0 Å². The van der Waals surface area contributed by atoms with Gasteiger partial charge in [0.05, 0.1) is 25.4 Å². The third kappa shape index (κ3) is 55.2. The Labute approximate surface area is 430 Å². The van der Waals surface area contributed by atoms with Gasteiger partial charge in [0, 0.05) is 12.8 Å². The summed E-state index contributed by atoms with van der Waals surface area (Å²) in [5, 5.41) is 23.0. The number of rotatable bonds is 57. The first-order valence-electron chi connectivity index (χ1n) is 30.8. The highest BCUT2D eigenvalue weighted by Crippen LogP contribution is 2.17. The summed E-state index contributed by atoms with van der Waals surface area (Å²) < 4.78 is 5.48. The Morgan fingerprint density at radius 3 is 1.10 bits per heavy atom. The van der Waals surface area contributed by atoms with Crippen LogP contribution in [0.5, 0.6) is 0 Å². The van der Waals surface area contributed by atoms with Crippen molar-refractivity contribution in [3.63, 3.8) is 0 Å². The number of hydrogen-bond donors (Lipinski definition) is 3. The van der Waals surface area contributed by atoms with Crippen molar-refractivity contribution in [3.8, 4) is 0 Å². The molecule has 2 unspecified atom stereocenters. The van der Waals surface area contributed by atoms with Crippen LogP contribution in [0.3, 0.4) is 0 Å². The molecule has 0 rings (SSSR count). The molecule has 1 amide bonds. The third-order valence-electron chi connectivity index (χ3n) is 14.2. The molecule has 0 aromatic rings. The van der Waals surface area contributed by atoms with Crippen LogP contribution in [0.25, 0.3) is 0 Å². The molecule has 0 aliphatic rings. The summed E-state index contributed by atoms with van der Waals surface area (Å²) in [6.07, 6.45) is 73.3. The van der Waals surface area contributed by atoms with Crippen molar-refractivity contribution in [1.29, 1.82) is 0 Å². The molecular formula is C63H119NO5. The Bertz CT molecular complexity index is 1120. The molecule has 6 nitrogen and oxygen atoms in total. The maximum atomic E-state index is 12.4. The predicted octanol–water partition coefficient (Wildman–Crippen LogP) is 19.2. The SMILES string of the molecule is CCCCCCCCCCCC/C=C/C(O)C(CO)NC(=O)CCCCCCCCCCCCC/C=C\C/C=C\CCCCCCCCCCCOC(=O)CCCCCCCCCCCCCCC. The van der Waals surface area contributed by atoms with E-state index in [0.717, 1.165) is 44.9 Å². The third-order valence-corrected chi connectivity index (χ3v) is 14.2. The number of amides is 1. The number of nitrogens with one attached hydrogen (secondary N) is 1. The zero-order chi connectivity index (χ0) is 50.0. The minimum Gasteiger partial charge on any atom is -0.466 e. The van der Waals surface area contributed by atoms with Crippen LogP contribution in [0.15, 0.2) is 36.5 Å². The maximum absolute atomic E-state index is 12.4. The van der Waals surface area contributed by atoms with E-state index in [1.165, 1.54) is 257 Å². The second-order valence-corrected chi connectivity index (χ2v) is 21.0. The molecule has 0 fully saturated rings. The first kappa shape index (κ1) is 67.1. The Kier molecular flexibility index (Phi) is 57.0. The minimum absolute atomic E-state index is 0.0116. The highest BCUT2D eigenvalue weighted by atomic mass is 16.5. The summed E-state index contributed by atoms with van der Waals surface area (Å²) in [7, 11) is 0. The molecule has 0 aliphatic heterocycles. The second-order valence-electron chi connectivity index (χ2n) is 21.0. The van der Waals surface area contributed by atoms with Gasteiger partial charge in [0.25, 0.3) is 0 Å². The van der Waals surface area contributed by atoms with Gasteiger partial charge in [-0.2, -0.15) is 0 Å². The smallest absolute Gasteiger partial charge is 0.305 e. The van der Waals surface area contributed by atoms with E-state index in [4.69, 9.17) is 4.74 Å². The number of allylic oxidation sites excluding steroid dienone is 5. The summed E-state index contributed by atoms with van der Waals surface area (Å²) in [6.45, 7) is 4.90. The number of aliphatic hydroxyl groups is 2. The maximum Gasteiger partial charge on any atom is 0.305 e. The van der Waals surface area contributed by atoms with Gasteiger partial charge in [-0.25, -0.2) is 0 Å². The van der Waals surface area contributed by atoms with E-state index >= 15 is 0 Å². The zero-order valence-electron chi connectivity index (χ0n) is 46.3. The number of carbonyl (C=O) groups excluding carboxylic acids is 2. The summed E-state index contributed by atoms with van der Waals surface area (Å²) in [6, 6.07) is -0.629. The van der Waals surface area contributed by atoms with Gasteiger partial charge >= 0.3 is 5.97 Å². The van der Waals surface area contributed by atoms with Crippen LogP contribution in [0.4, 0.5) is 0 Å². The van der Waals surface area contributed by atoms with Crippen molar-refractivity contribution in [2.75, 3.05) is 13.2 Å². The first-order valence-corrected chi connectivity index (χ1v) is 30.8. The topological polar surface area (TPSA) is 95.9 Å². The Morgan fingerprint density at radius 1 is 0.406 bits per heavy atom. The molecule has 0 aromatic heterocycles. The first-order chi connectivity index (χ1) is 34.0. The average molecular weight is 971 g/mol. The quantitative estimate of drug-likeness (QED) is 0.0321. The van der Waals surface area contributed by atoms with Crippen molar-refractivity contribution in [1.82, 2.24) is 5.32 Å². The van der Waals surface area contributed by atoms with Gasteiger partial charge in [0.2, 0.25) is 5.91 Å². The van der Waals surface area contributed by atoms with Gasteiger partial charge in [-0.1, -0.05) is 288 Å². The summed E-state index contributed by atoms with van der Waals surface area (Å²) in [4.78, 5) is 24.5. The fourth-order valence-electron chi connectivity index (χ4n) is 9.43. The molecule has 6 heteroatoms. The number of esters is 1. The van der Waals surface area contributed by atoms with Gasteiger partial charge in [-0.15, -0.1) is 0 Å². The van der Waals surface area contributed by atoms with Crippen molar-refractivity contribution in [2.45, 2.75) is 341 Å². The number of aliphatic hydroxyl groups excluding tert-OH is 2. The Balaban J connectivity index is 3.42. The summed E-state index contributed by atoms with van der Waals surface area (Å²) in [5.41, 5.74) is 0. The lowest BCUT2D eigenvalue weighted by atomic mass is 10.0. The van der Waals surface area contributed by atoms with E-state index in [9.17, 15) is 19.8 Å². The molecule has 3 N–H and O–H groups in total. The van der Waals surface area contributed by atoms with Gasteiger partial charge < -0.3 is 20.3 Å². The van der Waals surface area contributed by atoms with Crippen LogP contribution in [-0.4, -0.2) is 47.4 Å². The monoisotopic (exact) mass is 970 g/mol.